The van der Waals surface area contributed by atoms with E-state index in [0.717, 1.165) is 42.5 Å². The van der Waals surface area contributed by atoms with E-state index in [1.165, 1.54) is 5.56 Å². The van der Waals surface area contributed by atoms with Crippen LogP contribution in [0.3, 0.4) is 0 Å². The lowest BCUT2D eigenvalue weighted by Gasteiger charge is -2.12. The molecule has 0 unspecified atom stereocenters. The molecule has 0 radical (unpaired) electrons. The number of amides is 1. The molecule has 0 atom stereocenters. The summed E-state index contributed by atoms with van der Waals surface area (Å²) in [5.41, 5.74) is 2.91. The summed E-state index contributed by atoms with van der Waals surface area (Å²) in [6, 6.07) is 15.5. The van der Waals surface area contributed by atoms with Gasteiger partial charge >= 0.3 is 0 Å². The van der Waals surface area contributed by atoms with Gasteiger partial charge in [-0.15, -0.1) is 0 Å². The Hall–Kier alpha value is -2.53. The molecule has 2 N–H and O–H groups in total. The molecule has 0 aliphatic heterocycles. The van der Waals surface area contributed by atoms with Crippen molar-refractivity contribution in [1.82, 2.24) is 15.5 Å². The lowest BCUT2D eigenvalue weighted by Crippen LogP contribution is -2.37. The first-order valence-corrected chi connectivity index (χ1v) is 9.95. The average Bonchev–Trinajstić information content (AvgIpc) is 2.70. The Labute approximate surface area is 172 Å². The van der Waals surface area contributed by atoms with Gasteiger partial charge in [-0.05, 0) is 49.1 Å². The molecule has 0 aliphatic carbocycles. The molecule has 5 nitrogen and oxygen atoms in total. The number of aliphatic imine (C=N–C) groups is 1. The van der Waals surface area contributed by atoms with E-state index in [9.17, 15) is 4.79 Å². The number of nitrogens with one attached hydrogen (secondary N) is 2. The fourth-order valence-corrected chi connectivity index (χ4v) is 2.94. The molecule has 0 spiro atoms. The van der Waals surface area contributed by atoms with Crippen molar-refractivity contribution in [2.75, 3.05) is 27.2 Å². The highest BCUT2D eigenvalue weighted by Gasteiger charge is 2.07. The molecule has 0 saturated carbocycles. The number of guanidine groups is 1. The van der Waals surface area contributed by atoms with Crippen LogP contribution in [0.2, 0.25) is 5.02 Å². The molecule has 0 heterocycles. The van der Waals surface area contributed by atoms with Crippen LogP contribution >= 0.6 is 11.6 Å². The Balaban J connectivity index is 1.86. The van der Waals surface area contributed by atoms with Crippen LogP contribution in [0.1, 0.15) is 34.8 Å². The summed E-state index contributed by atoms with van der Waals surface area (Å²) >= 11 is 6.20. The van der Waals surface area contributed by atoms with Crippen molar-refractivity contribution in [2.24, 2.45) is 4.99 Å². The molecular formula is C22H29ClN4O. The fourth-order valence-electron chi connectivity index (χ4n) is 2.71. The lowest BCUT2D eigenvalue weighted by atomic mass is 10.1. The van der Waals surface area contributed by atoms with Crippen LogP contribution in [-0.4, -0.2) is 44.0 Å². The topological polar surface area (TPSA) is 56.7 Å². The smallest absolute Gasteiger partial charge is 0.253 e. The Bertz CT molecular complexity index is 787. The van der Waals surface area contributed by atoms with Gasteiger partial charge in [-0.1, -0.05) is 41.9 Å². The Morgan fingerprint density at radius 3 is 2.43 bits per heavy atom. The second kappa shape index (κ2) is 11.3. The minimum atomic E-state index is 0.00331. The molecular weight excluding hydrogens is 372 g/mol. The quantitative estimate of drug-likeness (QED) is 0.403. The maximum atomic E-state index is 11.9. The van der Waals surface area contributed by atoms with Crippen LogP contribution in [0.4, 0.5) is 0 Å². The molecule has 2 aromatic rings. The van der Waals surface area contributed by atoms with Gasteiger partial charge in [-0.25, -0.2) is 4.99 Å². The van der Waals surface area contributed by atoms with Crippen molar-refractivity contribution in [3.05, 3.63) is 70.2 Å². The largest absolute Gasteiger partial charge is 0.357 e. The highest BCUT2D eigenvalue weighted by Crippen LogP contribution is 2.16. The number of benzene rings is 2. The number of carbonyl (C=O) groups excluding carboxylic acids is 1. The molecule has 2 aromatic carbocycles. The summed E-state index contributed by atoms with van der Waals surface area (Å²) in [5.74, 6) is 0.790. The second-order valence-corrected chi connectivity index (χ2v) is 7.12. The van der Waals surface area contributed by atoms with E-state index in [-0.39, 0.29) is 5.91 Å². The standard InChI is InChI=1S/C22H29ClN4O/c1-4-24-22(25-15-7-9-18-8-5-6-10-20(18)23)26-16-17-11-13-19(14-12-17)21(28)27(2)3/h5-6,8,10-14H,4,7,9,15-16H2,1-3H3,(H2,24,25,26). The Morgan fingerprint density at radius 2 is 1.79 bits per heavy atom. The van der Waals surface area contributed by atoms with Crippen LogP contribution in [0.5, 0.6) is 0 Å². The average molecular weight is 401 g/mol. The highest BCUT2D eigenvalue weighted by atomic mass is 35.5. The molecule has 28 heavy (non-hydrogen) atoms. The summed E-state index contributed by atoms with van der Waals surface area (Å²) < 4.78 is 0. The number of rotatable bonds is 8. The minimum absolute atomic E-state index is 0.00331. The normalized spacial score (nSPS) is 11.2. The molecule has 0 aliphatic rings. The SMILES string of the molecule is CCNC(=NCc1ccc(C(=O)N(C)C)cc1)NCCCc1ccccc1Cl. The van der Waals surface area contributed by atoms with Crippen LogP contribution in [0.25, 0.3) is 0 Å². The van der Waals surface area contributed by atoms with Crippen molar-refractivity contribution < 1.29 is 4.79 Å². The Kier molecular flexibility index (Phi) is 8.82. The van der Waals surface area contributed by atoms with Crippen molar-refractivity contribution in [2.45, 2.75) is 26.3 Å². The number of hydrogen-bond donors (Lipinski definition) is 2. The first kappa shape index (κ1) is 21.8. The number of aryl methyl sites for hydroxylation is 1. The second-order valence-electron chi connectivity index (χ2n) is 6.71. The predicted molar refractivity (Wildman–Crippen MR) is 117 cm³/mol. The maximum Gasteiger partial charge on any atom is 0.253 e. The molecule has 150 valence electrons. The van der Waals surface area contributed by atoms with Crippen LogP contribution in [0.15, 0.2) is 53.5 Å². The van der Waals surface area contributed by atoms with E-state index in [2.05, 4.69) is 21.7 Å². The van der Waals surface area contributed by atoms with Gasteiger partial charge in [0.15, 0.2) is 5.96 Å². The van der Waals surface area contributed by atoms with Gasteiger partial charge in [-0.2, -0.15) is 0 Å². The maximum absolute atomic E-state index is 11.9. The molecule has 0 saturated heterocycles. The molecule has 6 heteroatoms. The van der Waals surface area contributed by atoms with Crippen molar-refractivity contribution >= 4 is 23.5 Å². The van der Waals surface area contributed by atoms with Gasteiger partial charge in [0.05, 0.1) is 6.54 Å². The number of hydrogen-bond acceptors (Lipinski definition) is 2. The Morgan fingerprint density at radius 1 is 1.07 bits per heavy atom. The van der Waals surface area contributed by atoms with E-state index in [4.69, 9.17) is 11.6 Å². The summed E-state index contributed by atoms with van der Waals surface area (Å²) in [6.07, 6.45) is 1.89. The van der Waals surface area contributed by atoms with E-state index in [0.29, 0.717) is 12.1 Å². The van der Waals surface area contributed by atoms with Crippen molar-refractivity contribution in [3.63, 3.8) is 0 Å². The number of halogens is 1. The third-order valence-corrected chi connectivity index (χ3v) is 4.61. The van der Waals surface area contributed by atoms with Crippen molar-refractivity contribution in [1.29, 1.82) is 0 Å². The van der Waals surface area contributed by atoms with E-state index < -0.39 is 0 Å². The van der Waals surface area contributed by atoms with Gasteiger partial charge in [0.2, 0.25) is 0 Å². The van der Waals surface area contributed by atoms with Gasteiger partial charge < -0.3 is 15.5 Å². The monoisotopic (exact) mass is 400 g/mol. The number of carbonyl (C=O) groups is 1. The highest BCUT2D eigenvalue weighted by molar-refractivity contribution is 6.31. The first-order chi connectivity index (χ1) is 13.5. The third kappa shape index (κ3) is 6.89. The van der Waals surface area contributed by atoms with Crippen molar-refractivity contribution in [3.8, 4) is 0 Å². The van der Waals surface area contributed by atoms with E-state index >= 15 is 0 Å². The summed E-state index contributed by atoms with van der Waals surface area (Å²) in [6.45, 7) is 4.21. The lowest BCUT2D eigenvalue weighted by molar-refractivity contribution is 0.0827. The number of nitrogens with zero attached hydrogens (tertiary/aromatic N) is 2. The van der Waals surface area contributed by atoms with Crippen LogP contribution in [-0.2, 0) is 13.0 Å². The minimum Gasteiger partial charge on any atom is -0.357 e. The first-order valence-electron chi connectivity index (χ1n) is 9.57. The molecule has 2 rings (SSSR count). The predicted octanol–water partition coefficient (Wildman–Crippen LogP) is 3.73. The van der Waals surface area contributed by atoms with Crippen LogP contribution in [0, 0.1) is 0 Å². The van der Waals surface area contributed by atoms with Gasteiger partial charge in [0.25, 0.3) is 5.91 Å². The molecule has 0 bridgehead atoms. The fraction of sp³-hybridized carbons (Fsp3) is 0.364. The van der Waals surface area contributed by atoms with Crippen LogP contribution < -0.4 is 10.6 Å². The molecule has 0 fully saturated rings. The summed E-state index contributed by atoms with van der Waals surface area (Å²) in [5, 5.41) is 7.44. The van der Waals surface area contributed by atoms with Gasteiger partial charge in [0.1, 0.15) is 0 Å². The summed E-state index contributed by atoms with van der Waals surface area (Å²) in [4.78, 5) is 18.1. The zero-order valence-electron chi connectivity index (χ0n) is 16.8. The van der Waals surface area contributed by atoms with E-state index in [1.54, 1.807) is 19.0 Å². The third-order valence-electron chi connectivity index (χ3n) is 4.24. The summed E-state index contributed by atoms with van der Waals surface area (Å²) in [7, 11) is 3.50. The van der Waals surface area contributed by atoms with Gasteiger partial charge in [0, 0.05) is 37.8 Å². The van der Waals surface area contributed by atoms with Gasteiger partial charge in [-0.3, -0.25) is 4.79 Å². The zero-order valence-corrected chi connectivity index (χ0v) is 17.6. The molecule has 0 aromatic heterocycles. The van der Waals surface area contributed by atoms with E-state index in [1.807, 2.05) is 49.4 Å². The zero-order chi connectivity index (χ0) is 20.4. The molecule has 1 amide bonds.